The van der Waals surface area contributed by atoms with Gasteiger partial charge >= 0.3 is 0 Å². The summed E-state index contributed by atoms with van der Waals surface area (Å²) in [5.41, 5.74) is 9.69. The van der Waals surface area contributed by atoms with Crippen LogP contribution >= 0.6 is 0 Å². The van der Waals surface area contributed by atoms with E-state index in [1.807, 2.05) is 31.3 Å². The van der Waals surface area contributed by atoms with Gasteiger partial charge < -0.3 is 15.8 Å². The number of nitrogens with zero attached hydrogens (tertiary/aromatic N) is 2. The first-order valence-electron chi connectivity index (χ1n) is 6.63. The molecule has 0 amide bonds. The second kappa shape index (κ2) is 6.34. The average molecular weight is 272 g/mol. The molecule has 0 aliphatic heterocycles. The van der Waals surface area contributed by atoms with E-state index in [2.05, 4.69) is 22.2 Å². The lowest BCUT2D eigenvalue weighted by atomic mass is 10.2. The third kappa shape index (κ3) is 3.24. The van der Waals surface area contributed by atoms with E-state index in [0.717, 1.165) is 34.7 Å². The molecular weight excluding hydrogens is 252 g/mol. The molecule has 1 aromatic carbocycles. The third-order valence-electron chi connectivity index (χ3n) is 3.07. The summed E-state index contributed by atoms with van der Waals surface area (Å²) >= 11 is 0. The van der Waals surface area contributed by atoms with Gasteiger partial charge in [0.2, 0.25) is 5.95 Å². The van der Waals surface area contributed by atoms with Crippen molar-refractivity contribution in [3.05, 3.63) is 41.2 Å². The second-order valence-corrected chi connectivity index (χ2v) is 4.59. The number of rotatable bonds is 5. The van der Waals surface area contributed by atoms with E-state index in [9.17, 15) is 0 Å². The lowest BCUT2D eigenvalue weighted by Crippen LogP contribution is -2.08. The molecule has 0 radical (unpaired) electrons. The Morgan fingerprint density at radius 1 is 1.30 bits per heavy atom. The predicted octanol–water partition coefficient (Wildman–Crippen LogP) is 2.56. The molecule has 0 atom stereocenters. The van der Waals surface area contributed by atoms with Crippen LogP contribution in [0.3, 0.4) is 0 Å². The fraction of sp³-hybridized carbons (Fsp3) is 0.333. The Balaban J connectivity index is 2.27. The fourth-order valence-corrected chi connectivity index (χ4v) is 2.04. The Kier molecular flexibility index (Phi) is 4.53. The molecule has 3 N–H and O–H groups in total. The van der Waals surface area contributed by atoms with Crippen molar-refractivity contribution < 1.29 is 4.74 Å². The zero-order chi connectivity index (χ0) is 14.5. The monoisotopic (exact) mass is 272 g/mol. The first-order valence-corrected chi connectivity index (χ1v) is 6.63. The topological polar surface area (TPSA) is 73.1 Å². The van der Waals surface area contributed by atoms with Crippen molar-refractivity contribution in [3.63, 3.8) is 0 Å². The van der Waals surface area contributed by atoms with Crippen molar-refractivity contribution in [1.29, 1.82) is 0 Å². The summed E-state index contributed by atoms with van der Waals surface area (Å²) in [7, 11) is 1.65. The van der Waals surface area contributed by atoms with E-state index < -0.39 is 0 Å². The van der Waals surface area contributed by atoms with Crippen molar-refractivity contribution in [2.45, 2.75) is 26.8 Å². The molecule has 1 heterocycles. The van der Waals surface area contributed by atoms with E-state index in [-0.39, 0.29) is 0 Å². The van der Waals surface area contributed by atoms with Crippen LogP contribution in [0.1, 0.15) is 23.7 Å². The molecule has 2 aromatic rings. The van der Waals surface area contributed by atoms with E-state index in [1.165, 1.54) is 0 Å². The summed E-state index contributed by atoms with van der Waals surface area (Å²) < 4.78 is 5.25. The minimum absolute atomic E-state index is 0.414. The van der Waals surface area contributed by atoms with Gasteiger partial charge in [-0.15, -0.1) is 0 Å². The minimum Gasteiger partial charge on any atom is -0.497 e. The second-order valence-electron chi connectivity index (χ2n) is 4.59. The fourth-order valence-electron chi connectivity index (χ4n) is 2.04. The molecule has 106 valence electrons. The van der Waals surface area contributed by atoms with Gasteiger partial charge in [-0.25, -0.2) is 9.97 Å². The number of hydrogen-bond donors (Lipinski definition) is 2. The summed E-state index contributed by atoms with van der Waals surface area (Å²) in [6.45, 7) is 4.49. The van der Waals surface area contributed by atoms with Crippen molar-refractivity contribution in [2.75, 3.05) is 12.4 Å². The van der Waals surface area contributed by atoms with E-state index in [1.54, 1.807) is 7.11 Å². The molecule has 0 aliphatic rings. The van der Waals surface area contributed by atoms with Crippen LogP contribution in [0.15, 0.2) is 24.4 Å². The maximum atomic E-state index is 5.72. The molecule has 0 aliphatic carbocycles. The Morgan fingerprint density at radius 2 is 2.10 bits per heavy atom. The molecule has 1 aromatic heterocycles. The predicted molar refractivity (Wildman–Crippen MR) is 80.3 cm³/mol. The molecule has 0 spiro atoms. The van der Waals surface area contributed by atoms with Crippen LogP contribution in [0.2, 0.25) is 0 Å². The number of hydrogen-bond acceptors (Lipinski definition) is 5. The maximum Gasteiger partial charge on any atom is 0.227 e. The summed E-state index contributed by atoms with van der Waals surface area (Å²) in [4.78, 5) is 8.77. The Morgan fingerprint density at radius 3 is 2.75 bits per heavy atom. The van der Waals surface area contributed by atoms with Crippen LogP contribution < -0.4 is 15.8 Å². The van der Waals surface area contributed by atoms with Gasteiger partial charge in [-0.1, -0.05) is 6.92 Å². The molecule has 2 rings (SSSR count). The zero-order valence-electron chi connectivity index (χ0n) is 12.1. The molecule has 0 unspecified atom stereocenters. The number of anilines is 2. The summed E-state index contributed by atoms with van der Waals surface area (Å²) in [5.74, 6) is 1.35. The number of ether oxygens (including phenoxy) is 1. The SMILES string of the molecule is CCc1cnc(Nc2cc(C)cc(OC)c2)nc1CN. The number of nitrogens with one attached hydrogen (secondary N) is 1. The van der Waals surface area contributed by atoms with E-state index >= 15 is 0 Å². The molecule has 0 bridgehead atoms. The van der Waals surface area contributed by atoms with Crippen molar-refractivity contribution in [1.82, 2.24) is 9.97 Å². The first-order chi connectivity index (χ1) is 9.66. The van der Waals surface area contributed by atoms with Gasteiger partial charge in [0.1, 0.15) is 5.75 Å². The van der Waals surface area contributed by atoms with Crippen LogP contribution in [0.25, 0.3) is 0 Å². The number of nitrogens with two attached hydrogens (primary N) is 1. The minimum atomic E-state index is 0.414. The van der Waals surface area contributed by atoms with Gasteiger partial charge in [0.25, 0.3) is 0 Å². The highest BCUT2D eigenvalue weighted by Gasteiger charge is 2.06. The number of aryl methyl sites for hydroxylation is 2. The number of benzene rings is 1. The molecule has 5 nitrogen and oxygen atoms in total. The van der Waals surface area contributed by atoms with Gasteiger partial charge in [0, 0.05) is 24.5 Å². The lowest BCUT2D eigenvalue weighted by Gasteiger charge is -2.10. The number of aromatic nitrogens is 2. The highest BCUT2D eigenvalue weighted by molar-refractivity contribution is 5.57. The summed E-state index contributed by atoms with van der Waals surface area (Å²) in [6, 6.07) is 5.89. The van der Waals surface area contributed by atoms with Gasteiger partial charge in [0.15, 0.2) is 0 Å². The highest BCUT2D eigenvalue weighted by atomic mass is 16.5. The lowest BCUT2D eigenvalue weighted by molar-refractivity contribution is 0.414. The zero-order valence-corrected chi connectivity index (χ0v) is 12.1. The summed E-state index contributed by atoms with van der Waals surface area (Å²) in [6.07, 6.45) is 2.70. The van der Waals surface area contributed by atoms with Crippen LogP contribution in [-0.2, 0) is 13.0 Å². The van der Waals surface area contributed by atoms with E-state index in [0.29, 0.717) is 12.5 Å². The maximum absolute atomic E-state index is 5.72. The summed E-state index contributed by atoms with van der Waals surface area (Å²) in [5, 5.41) is 3.19. The molecule has 20 heavy (non-hydrogen) atoms. The molecule has 0 fully saturated rings. The smallest absolute Gasteiger partial charge is 0.227 e. The Bertz CT molecular complexity index is 598. The normalized spacial score (nSPS) is 10.4. The van der Waals surface area contributed by atoms with Crippen molar-refractivity contribution in [3.8, 4) is 5.75 Å². The van der Waals surface area contributed by atoms with Gasteiger partial charge in [0.05, 0.1) is 12.8 Å². The first kappa shape index (κ1) is 14.3. The van der Waals surface area contributed by atoms with Crippen molar-refractivity contribution >= 4 is 11.6 Å². The van der Waals surface area contributed by atoms with Crippen LogP contribution in [-0.4, -0.2) is 17.1 Å². The third-order valence-corrected chi connectivity index (χ3v) is 3.07. The highest BCUT2D eigenvalue weighted by Crippen LogP contribution is 2.22. The Hall–Kier alpha value is -2.14. The molecule has 0 saturated carbocycles. The quantitative estimate of drug-likeness (QED) is 0.875. The average Bonchev–Trinajstić information content (AvgIpc) is 2.46. The Labute approximate surface area is 119 Å². The van der Waals surface area contributed by atoms with Crippen LogP contribution in [0, 0.1) is 6.92 Å². The standard InChI is InChI=1S/C15H20N4O/c1-4-11-9-17-15(19-14(11)8-16)18-12-5-10(2)6-13(7-12)20-3/h5-7,9H,4,8,16H2,1-3H3,(H,17,18,19). The van der Waals surface area contributed by atoms with Gasteiger partial charge in [-0.3, -0.25) is 0 Å². The van der Waals surface area contributed by atoms with Gasteiger partial charge in [-0.05, 0) is 36.6 Å². The van der Waals surface area contributed by atoms with Crippen LogP contribution in [0.4, 0.5) is 11.6 Å². The van der Waals surface area contributed by atoms with Crippen LogP contribution in [0.5, 0.6) is 5.75 Å². The molecular formula is C15H20N4O. The van der Waals surface area contributed by atoms with E-state index in [4.69, 9.17) is 10.5 Å². The largest absolute Gasteiger partial charge is 0.497 e. The molecule has 5 heteroatoms. The van der Waals surface area contributed by atoms with Crippen molar-refractivity contribution in [2.24, 2.45) is 5.73 Å². The van der Waals surface area contributed by atoms with Gasteiger partial charge in [-0.2, -0.15) is 0 Å². The number of methoxy groups -OCH3 is 1. The molecule has 0 saturated heterocycles.